The van der Waals surface area contributed by atoms with Crippen molar-refractivity contribution >= 4 is 57.4 Å². The maximum atomic E-state index is 12.1. The van der Waals surface area contributed by atoms with E-state index >= 15 is 0 Å². The van der Waals surface area contributed by atoms with Gasteiger partial charge in [-0.2, -0.15) is 0 Å². The first-order valence-corrected chi connectivity index (χ1v) is 9.17. The zero-order valence-electron chi connectivity index (χ0n) is 13.1. The molecule has 1 aromatic carbocycles. The Morgan fingerprint density at radius 3 is 2.87 bits per heavy atom. The number of anilines is 1. The molecular formula is C16H19ClN2O2S2. The van der Waals surface area contributed by atoms with E-state index in [9.17, 15) is 9.59 Å². The fourth-order valence-electron chi connectivity index (χ4n) is 2.31. The van der Waals surface area contributed by atoms with Gasteiger partial charge in [-0.05, 0) is 37.5 Å². The Balaban J connectivity index is 1.82. The van der Waals surface area contributed by atoms with E-state index < -0.39 is 0 Å². The number of nitrogens with one attached hydrogen (secondary N) is 1. The molecule has 1 aliphatic heterocycles. The molecule has 1 N–H and O–H groups in total. The molecule has 0 spiro atoms. The van der Waals surface area contributed by atoms with E-state index in [1.165, 1.54) is 11.8 Å². The van der Waals surface area contributed by atoms with Crippen LogP contribution >= 0.6 is 35.6 Å². The molecule has 0 radical (unpaired) electrons. The lowest BCUT2D eigenvalue weighted by Crippen LogP contribution is -2.32. The summed E-state index contributed by atoms with van der Waals surface area (Å²) in [4.78, 5) is 25.8. The maximum Gasteiger partial charge on any atom is 0.241 e. The summed E-state index contributed by atoms with van der Waals surface area (Å²) < 4.78 is 0.618. The smallest absolute Gasteiger partial charge is 0.241 e. The molecule has 1 unspecified atom stereocenters. The van der Waals surface area contributed by atoms with Gasteiger partial charge in [0.15, 0.2) is 0 Å². The molecule has 2 amide bonds. The molecule has 0 saturated carbocycles. The highest BCUT2D eigenvalue weighted by Gasteiger charge is 2.35. The predicted octanol–water partition coefficient (Wildman–Crippen LogP) is 4.01. The molecule has 0 bridgehead atoms. The Morgan fingerprint density at radius 1 is 1.48 bits per heavy atom. The van der Waals surface area contributed by atoms with Gasteiger partial charge in [0, 0.05) is 23.7 Å². The number of nitrogens with zero attached hydrogens (tertiary/aromatic N) is 1. The van der Waals surface area contributed by atoms with Crippen LogP contribution < -0.4 is 5.32 Å². The van der Waals surface area contributed by atoms with Gasteiger partial charge in [0.2, 0.25) is 11.8 Å². The average Bonchev–Trinajstić information content (AvgIpc) is 2.79. The van der Waals surface area contributed by atoms with Gasteiger partial charge >= 0.3 is 0 Å². The quantitative estimate of drug-likeness (QED) is 0.769. The van der Waals surface area contributed by atoms with Crippen LogP contribution in [0.2, 0.25) is 5.02 Å². The molecular weight excluding hydrogens is 352 g/mol. The summed E-state index contributed by atoms with van der Waals surface area (Å²) in [6.45, 7) is 4.33. The number of carbonyl (C=O) groups excluding carboxylic acids is 2. The van der Waals surface area contributed by atoms with Gasteiger partial charge in [0.25, 0.3) is 0 Å². The molecule has 0 aliphatic carbocycles. The third-order valence-corrected chi connectivity index (χ3v) is 5.86. The summed E-state index contributed by atoms with van der Waals surface area (Å²) in [6, 6.07) is 5.41. The molecule has 1 saturated heterocycles. The van der Waals surface area contributed by atoms with Gasteiger partial charge in [-0.25, -0.2) is 0 Å². The van der Waals surface area contributed by atoms with E-state index in [0.29, 0.717) is 28.7 Å². The molecule has 23 heavy (non-hydrogen) atoms. The first kappa shape index (κ1) is 18.2. The van der Waals surface area contributed by atoms with Crippen molar-refractivity contribution in [2.24, 2.45) is 0 Å². The van der Waals surface area contributed by atoms with Crippen molar-refractivity contribution < 1.29 is 9.59 Å². The van der Waals surface area contributed by atoms with Crippen LogP contribution in [0.15, 0.2) is 18.2 Å². The van der Waals surface area contributed by atoms with Crippen molar-refractivity contribution in [3.8, 4) is 0 Å². The maximum absolute atomic E-state index is 12.1. The fourth-order valence-corrected chi connectivity index (χ4v) is 3.96. The van der Waals surface area contributed by atoms with Crippen LogP contribution in [0.3, 0.4) is 0 Å². The summed E-state index contributed by atoms with van der Waals surface area (Å²) in [7, 11) is 0. The molecule has 2 rings (SSSR count). The number of carbonyl (C=O) groups is 2. The Labute approximate surface area is 150 Å². The van der Waals surface area contributed by atoms with Gasteiger partial charge in [-0.15, -0.1) is 0 Å². The Bertz CT molecular complexity index is 637. The molecule has 1 aromatic rings. The minimum absolute atomic E-state index is 0.0635. The summed E-state index contributed by atoms with van der Waals surface area (Å²) in [5.41, 5.74) is 1.57. The van der Waals surface area contributed by atoms with Gasteiger partial charge in [-0.3, -0.25) is 14.5 Å². The van der Waals surface area contributed by atoms with E-state index in [-0.39, 0.29) is 17.1 Å². The van der Waals surface area contributed by atoms with Crippen LogP contribution in [-0.4, -0.2) is 32.8 Å². The van der Waals surface area contributed by atoms with Crippen LogP contribution in [0.5, 0.6) is 0 Å². The van der Waals surface area contributed by atoms with E-state index in [0.717, 1.165) is 17.7 Å². The molecule has 0 aromatic heterocycles. The first-order valence-electron chi connectivity index (χ1n) is 7.51. The highest BCUT2D eigenvalue weighted by molar-refractivity contribution is 8.24. The SMILES string of the molecule is CCC1SC(=S)N(CCCC(=O)Nc2cccc(Cl)c2C)C1=O. The lowest BCUT2D eigenvalue weighted by molar-refractivity contribution is -0.126. The monoisotopic (exact) mass is 370 g/mol. The van der Waals surface area contributed by atoms with Gasteiger partial charge in [-0.1, -0.05) is 48.6 Å². The number of amides is 2. The summed E-state index contributed by atoms with van der Waals surface area (Å²) >= 11 is 12.7. The largest absolute Gasteiger partial charge is 0.326 e. The number of thioether (sulfide) groups is 1. The van der Waals surface area contributed by atoms with Gasteiger partial charge in [0.1, 0.15) is 4.32 Å². The first-order chi connectivity index (χ1) is 10.9. The highest BCUT2D eigenvalue weighted by Crippen LogP contribution is 2.29. The van der Waals surface area contributed by atoms with Crippen LogP contribution in [0.25, 0.3) is 0 Å². The summed E-state index contributed by atoms with van der Waals surface area (Å²) in [5.74, 6) is -0.0266. The number of hydrogen-bond acceptors (Lipinski definition) is 4. The number of hydrogen-bond donors (Lipinski definition) is 1. The Kier molecular flexibility index (Phi) is 6.44. The average molecular weight is 371 g/mol. The van der Waals surface area contributed by atoms with Crippen molar-refractivity contribution in [1.29, 1.82) is 0 Å². The van der Waals surface area contributed by atoms with Crippen molar-refractivity contribution in [3.63, 3.8) is 0 Å². The third kappa shape index (κ3) is 4.46. The minimum atomic E-state index is -0.0902. The summed E-state index contributed by atoms with van der Waals surface area (Å²) in [5, 5.41) is 3.41. The Morgan fingerprint density at radius 2 is 2.22 bits per heavy atom. The van der Waals surface area contributed by atoms with E-state index in [4.69, 9.17) is 23.8 Å². The zero-order chi connectivity index (χ0) is 17.0. The number of halogens is 1. The highest BCUT2D eigenvalue weighted by atomic mass is 35.5. The second-order valence-electron chi connectivity index (χ2n) is 5.33. The number of benzene rings is 1. The van der Waals surface area contributed by atoms with Crippen molar-refractivity contribution in [3.05, 3.63) is 28.8 Å². The van der Waals surface area contributed by atoms with Crippen molar-refractivity contribution in [2.75, 3.05) is 11.9 Å². The predicted molar refractivity (Wildman–Crippen MR) is 100 cm³/mol. The van der Waals surface area contributed by atoms with E-state index in [1.54, 1.807) is 17.0 Å². The fraction of sp³-hybridized carbons (Fsp3) is 0.438. The second kappa shape index (κ2) is 8.13. The molecule has 1 aliphatic rings. The van der Waals surface area contributed by atoms with Crippen LogP contribution in [0.1, 0.15) is 31.7 Å². The molecule has 7 heteroatoms. The van der Waals surface area contributed by atoms with E-state index in [2.05, 4.69) is 5.32 Å². The van der Waals surface area contributed by atoms with Crippen LogP contribution in [-0.2, 0) is 9.59 Å². The molecule has 4 nitrogen and oxygen atoms in total. The number of thiocarbonyl (C=S) groups is 1. The standard InChI is InChI=1S/C16H19ClN2O2S2/c1-3-13-15(21)19(16(22)23-13)9-5-8-14(20)18-12-7-4-6-11(17)10(12)2/h4,6-7,13H,3,5,8-9H2,1-2H3,(H,18,20). The van der Waals surface area contributed by atoms with Crippen molar-refractivity contribution in [2.45, 2.75) is 38.4 Å². The zero-order valence-corrected chi connectivity index (χ0v) is 15.5. The normalized spacial score (nSPS) is 17.7. The lowest BCUT2D eigenvalue weighted by atomic mass is 10.2. The topological polar surface area (TPSA) is 49.4 Å². The van der Waals surface area contributed by atoms with Crippen molar-refractivity contribution in [1.82, 2.24) is 4.90 Å². The lowest BCUT2D eigenvalue weighted by Gasteiger charge is -2.15. The van der Waals surface area contributed by atoms with Crippen LogP contribution in [0.4, 0.5) is 5.69 Å². The van der Waals surface area contributed by atoms with Gasteiger partial charge in [0.05, 0.1) is 5.25 Å². The molecule has 124 valence electrons. The van der Waals surface area contributed by atoms with E-state index in [1.807, 2.05) is 19.9 Å². The van der Waals surface area contributed by atoms with Gasteiger partial charge < -0.3 is 5.32 Å². The number of rotatable bonds is 6. The minimum Gasteiger partial charge on any atom is -0.326 e. The van der Waals surface area contributed by atoms with Crippen LogP contribution in [0, 0.1) is 6.92 Å². The second-order valence-corrected chi connectivity index (χ2v) is 7.58. The molecule has 1 fully saturated rings. The molecule has 1 atom stereocenters. The molecule has 1 heterocycles. The Hall–Kier alpha value is -1.11. The summed E-state index contributed by atoms with van der Waals surface area (Å²) in [6.07, 6.45) is 1.68. The third-order valence-electron chi connectivity index (χ3n) is 3.70.